The van der Waals surface area contributed by atoms with E-state index in [2.05, 4.69) is 4.98 Å². The second-order valence-electron chi connectivity index (χ2n) is 3.47. The number of hydrogen-bond acceptors (Lipinski definition) is 3. The molecule has 0 radical (unpaired) electrons. The van der Waals surface area contributed by atoms with Gasteiger partial charge in [0.05, 0.1) is 18.8 Å². The minimum Gasteiger partial charge on any atom is -0.378 e. The maximum atomic E-state index is 12.0. The molecule has 86 valence electrons. The molecule has 1 aromatic rings. The van der Waals surface area contributed by atoms with Gasteiger partial charge in [0.25, 0.3) is 11.5 Å². The van der Waals surface area contributed by atoms with Crippen molar-refractivity contribution in [3.05, 3.63) is 33.2 Å². The normalized spacial score (nSPS) is 16.2. The van der Waals surface area contributed by atoms with E-state index in [1.807, 2.05) is 0 Å². The van der Waals surface area contributed by atoms with Crippen LogP contribution < -0.4 is 5.56 Å². The number of amides is 1. The van der Waals surface area contributed by atoms with Gasteiger partial charge in [-0.25, -0.2) is 0 Å². The summed E-state index contributed by atoms with van der Waals surface area (Å²) >= 11 is 5.66. The number of pyridine rings is 1. The molecule has 1 saturated heterocycles. The Hall–Kier alpha value is -1.33. The average molecular weight is 243 g/mol. The first-order valence-corrected chi connectivity index (χ1v) is 5.31. The van der Waals surface area contributed by atoms with Crippen LogP contribution in [-0.2, 0) is 4.74 Å². The van der Waals surface area contributed by atoms with E-state index in [1.54, 1.807) is 4.90 Å². The van der Waals surface area contributed by atoms with Crippen molar-refractivity contribution in [1.29, 1.82) is 0 Å². The van der Waals surface area contributed by atoms with Gasteiger partial charge >= 0.3 is 0 Å². The van der Waals surface area contributed by atoms with Gasteiger partial charge < -0.3 is 14.6 Å². The van der Waals surface area contributed by atoms with Crippen LogP contribution >= 0.6 is 11.6 Å². The first-order chi connectivity index (χ1) is 7.68. The zero-order valence-corrected chi connectivity index (χ0v) is 9.29. The Morgan fingerprint density at radius 3 is 2.75 bits per heavy atom. The van der Waals surface area contributed by atoms with E-state index in [-0.39, 0.29) is 16.5 Å². The summed E-state index contributed by atoms with van der Waals surface area (Å²) in [5.41, 5.74) is 0.00620. The number of hydrogen-bond donors (Lipinski definition) is 1. The van der Waals surface area contributed by atoms with E-state index in [1.165, 1.54) is 12.3 Å². The van der Waals surface area contributed by atoms with E-state index in [4.69, 9.17) is 16.3 Å². The molecular formula is C10H11ClN2O3. The maximum absolute atomic E-state index is 12.0. The molecule has 1 aliphatic rings. The van der Waals surface area contributed by atoms with Crippen molar-refractivity contribution in [2.24, 2.45) is 0 Å². The fourth-order valence-electron chi connectivity index (χ4n) is 1.53. The quantitative estimate of drug-likeness (QED) is 0.780. The summed E-state index contributed by atoms with van der Waals surface area (Å²) < 4.78 is 5.15. The second kappa shape index (κ2) is 4.67. The predicted molar refractivity (Wildman–Crippen MR) is 58.8 cm³/mol. The lowest BCUT2D eigenvalue weighted by atomic mass is 10.2. The van der Waals surface area contributed by atoms with Crippen molar-refractivity contribution in [3.8, 4) is 0 Å². The molecule has 1 aliphatic heterocycles. The molecule has 1 amide bonds. The van der Waals surface area contributed by atoms with Gasteiger partial charge in [0.15, 0.2) is 0 Å². The van der Waals surface area contributed by atoms with E-state index < -0.39 is 0 Å². The molecule has 2 heterocycles. The Kier molecular flexibility index (Phi) is 3.26. The number of carbonyl (C=O) groups is 1. The summed E-state index contributed by atoms with van der Waals surface area (Å²) in [7, 11) is 0. The summed E-state index contributed by atoms with van der Waals surface area (Å²) in [5, 5.41) is 0.0270. The van der Waals surface area contributed by atoms with Gasteiger partial charge in [-0.3, -0.25) is 9.59 Å². The maximum Gasteiger partial charge on any atom is 0.266 e. The van der Waals surface area contributed by atoms with Crippen molar-refractivity contribution in [3.63, 3.8) is 0 Å². The Labute approximate surface area is 97.0 Å². The molecule has 0 bridgehead atoms. The minimum atomic E-state index is -0.389. The highest BCUT2D eigenvalue weighted by molar-refractivity contribution is 6.30. The molecule has 2 rings (SSSR count). The molecule has 0 aliphatic carbocycles. The molecule has 0 unspecified atom stereocenters. The van der Waals surface area contributed by atoms with Crippen LogP contribution in [0.4, 0.5) is 0 Å². The highest BCUT2D eigenvalue weighted by Crippen LogP contribution is 2.09. The van der Waals surface area contributed by atoms with Gasteiger partial charge in [-0.2, -0.15) is 0 Å². The van der Waals surface area contributed by atoms with Crippen LogP contribution in [0.3, 0.4) is 0 Å². The number of H-pyrrole nitrogens is 1. The van der Waals surface area contributed by atoms with E-state index in [0.29, 0.717) is 31.9 Å². The van der Waals surface area contributed by atoms with Gasteiger partial charge in [0.1, 0.15) is 5.02 Å². The third-order valence-electron chi connectivity index (χ3n) is 2.40. The fourth-order valence-corrected chi connectivity index (χ4v) is 1.70. The van der Waals surface area contributed by atoms with Crippen LogP contribution in [-0.4, -0.2) is 42.1 Å². The van der Waals surface area contributed by atoms with Crippen molar-refractivity contribution < 1.29 is 9.53 Å². The van der Waals surface area contributed by atoms with Crippen LogP contribution in [0.15, 0.2) is 17.1 Å². The first kappa shape index (κ1) is 11.2. The number of nitrogens with zero attached hydrogens (tertiary/aromatic N) is 1. The monoisotopic (exact) mass is 242 g/mol. The van der Waals surface area contributed by atoms with E-state index in [0.717, 1.165) is 0 Å². The standard InChI is InChI=1S/C10H11ClN2O3/c11-8-5-7(6-12-9(8)14)10(15)13-1-3-16-4-2-13/h5-6H,1-4H2,(H,12,14). The molecule has 1 fully saturated rings. The summed E-state index contributed by atoms with van der Waals surface area (Å²) in [4.78, 5) is 27.1. The lowest BCUT2D eigenvalue weighted by Gasteiger charge is -2.26. The number of ether oxygens (including phenoxy) is 1. The van der Waals surface area contributed by atoms with Crippen LogP contribution in [0.2, 0.25) is 5.02 Å². The van der Waals surface area contributed by atoms with Gasteiger partial charge in [-0.1, -0.05) is 11.6 Å². The number of carbonyl (C=O) groups excluding carboxylic acids is 1. The molecule has 1 aromatic heterocycles. The van der Waals surface area contributed by atoms with Crippen molar-refractivity contribution in [2.45, 2.75) is 0 Å². The third kappa shape index (κ3) is 2.25. The lowest BCUT2D eigenvalue weighted by molar-refractivity contribution is 0.0302. The fraction of sp³-hybridized carbons (Fsp3) is 0.400. The third-order valence-corrected chi connectivity index (χ3v) is 2.68. The number of aromatic nitrogens is 1. The summed E-state index contributed by atoms with van der Waals surface area (Å²) in [6.45, 7) is 2.22. The Balaban J connectivity index is 2.19. The zero-order valence-electron chi connectivity index (χ0n) is 8.53. The van der Waals surface area contributed by atoms with Gasteiger partial charge in [-0.15, -0.1) is 0 Å². The van der Waals surface area contributed by atoms with E-state index >= 15 is 0 Å². The number of nitrogens with one attached hydrogen (secondary N) is 1. The SMILES string of the molecule is O=C(c1c[nH]c(=O)c(Cl)c1)N1CCOCC1. The molecule has 5 nitrogen and oxygen atoms in total. The van der Waals surface area contributed by atoms with E-state index in [9.17, 15) is 9.59 Å². The predicted octanol–water partition coefficient (Wildman–Crippen LogP) is 0.501. The molecule has 6 heteroatoms. The van der Waals surface area contributed by atoms with Crippen molar-refractivity contribution >= 4 is 17.5 Å². The number of morpholine rings is 1. The van der Waals surface area contributed by atoms with Crippen LogP contribution in [0, 0.1) is 0 Å². The largest absolute Gasteiger partial charge is 0.378 e. The van der Waals surface area contributed by atoms with Gasteiger partial charge in [-0.05, 0) is 6.07 Å². The summed E-state index contributed by atoms with van der Waals surface area (Å²) in [5.74, 6) is -0.138. The van der Waals surface area contributed by atoms with Gasteiger partial charge in [0, 0.05) is 19.3 Å². The molecule has 1 N–H and O–H groups in total. The molecular weight excluding hydrogens is 232 g/mol. The Morgan fingerprint density at radius 2 is 2.12 bits per heavy atom. The van der Waals surface area contributed by atoms with Crippen LogP contribution in [0.1, 0.15) is 10.4 Å². The number of aromatic amines is 1. The topological polar surface area (TPSA) is 62.4 Å². The first-order valence-electron chi connectivity index (χ1n) is 4.94. The van der Waals surface area contributed by atoms with Crippen molar-refractivity contribution in [1.82, 2.24) is 9.88 Å². The van der Waals surface area contributed by atoms with Gasteiger partial charge in [0.2, 0.25) is 0 Å². The number of halogens is 1. The molecule has 0 atom stereocenters. The van der Waals surface area contributed by atoms with Crippen LogP contribution in [0.5, 0.6) is 0 Å². The minimum absolute atomic E-state index is 0.0270. The second-order valence-corrected chi connectivity index (χ2v) is 3.88. The Bertz CT molecular complexity index is 452. The van der Waals surface area contributed by atoms with Crippen LogP contribution in [0.25, 0.3) is 0 Å². The molecule has 0 saturated carbocycles. The molecule has 16 heavy (non-hydrogen) atoms. The molecule has 0 aromatic carbocycles. The highest BCUT2D eigenvalue weighted by atomic mass is 35.5. The Morgan fingerprint density at radius 1 is 1.44 bits per heavy atom. The number of rotatable bonds is 1. The zero-order chi connectivity index (χ0) is 11.5. The lowest BCUT2D eigenvalue weighted by Crippen LogP contribution is -2.40. The summed E-state index contributed by atoms with van der Waals surface area (Å²) in [6.07, 6.45) is 1.38. The summed E-state index contributed by atoms with van der Waals surface area (Å²) in [6, 6.07) is 1.39. The smallest absolute Gasteiger partial charge is 0.266 e. The van der Waals surface area contributed by atoms with Crippen molar-refractivity contribution in [2.75, 3.05) is 26.3 Å². The average Bonchev–Trinajstić information content (AvgIpc) is 2.33. The molecule has 0 spiro atoms. The highest BCUT2D eigenvalue weighted by Gasteiger charge is 2.19.